The highest BCUT2D eigenvalue weighted by molar-refractivity contribution is 14.1. The van der Waals surface area contributed by atoms with Crippen molar-refractivity contribution in [3.63, 3.8) is 0 Å². The summed E-state index contributed by atoms with van der Waals surface area (Å²) in [6.07, 6.45) is 2.51. The van der Waals surface area contributed by atoms with Crippen molar-refractivity contribution in [1.82, 2.24) is 4.31 Å². The Morgan fingerprint density at radius 2 is 1.88 bits per heavy atom. The average molecular weight is 487 g/mol. The predicted octanol–water partition coefficient (Wildman–Crippen LogP) is 3.41. The quantitative estimate of drug-likeness (QED) is 0.607. The molecule has 0 saturated heterocycles. The number of benzene rings is 2. The molecule has 7 heteroatoms. The van der Waals surface area contributed by atoms with Gasteiger partial charge < -0.3 is 9.47 Å². The van der Waals surface area contributed by atoms with Gasteiger partial charge in [0.15, 0.2) is 11.5 Å². The Hall–Kier alpha value is -1.32. The van der Waals surface area contributed by atoms with Gasteiger partial charge in [-0.1, -0.05) is 30.3 Å². The summed E-state index contributed by atoms with van der Waals surface area (Å²) < 4.78 is 38.8. The number of ether oxygens (including phenoxy) is 2. The third kappa shape index (κ3) is 3.70. The van der Waals surface area contributed by atoms with Crippen molar-refractivity contribution in [2.45, 2.75) is 18.9 Å². The summed E-state index contributed by atoms with van der Waals surface area (Å²) in [5.74, 6) is 1.25. The highest BCUT2D eigenvalue weighted by Crippen LogP contribution is 2.46. The van der Waals surface area contributed by atoms with Gasteiger partial charge in [-0.15, -0.1) is 0 Å². The van der Waals surface area contributed by atoms with Crippen LogP contribution in [0, 0.1) is 3.57 Å². The summed E-state index contributed by atoms with van der Waals surface area (Å²) in [7, 11) is -0.159. The summed E-state index contributed by atoms with van der Waals surface area (Å²) in [6.45, 7) is 0.467. The summed E-state index contributed by atoms with van der Waals surface area (Å²) in [5.41, 5.74) is 3.14. The Balaban J connectivity index is 2.21. The van der Waals surface area contributed by atoms with E-state index in [1.807, 2.05) is 36.4 Å². The van der Waals surface area contributed by atoms with Crippen LogP contribution < -0.4 is 9.47 Å². The van der Waals surface area contributed by atoms with Crippen LogP contribution in [0.1, 0.15) is 22.7 Å². The van der Waals surface area contributed by atoms with Crippen molar-refractivity contribution in [2.75, 3.05) is 27.0 Å². The van der Waals surface area contributed by atoms with Crippen molar-refractivity contribution in [2.24, 2.45) is 0 Å². The van der Waals surface area contributed by atoms with Gasteiger partial charge in [0.1, 0.15) is 0 Å². The van der Waals surface area contributed by atoms with E-state index in [2.05, 4.69) is 22.6 Å². The van der Waals surface area contributed by atoms with E-state index < -0.39 is 10.0 Å². The molecule has 0 amide bonds. The van der Waals surface area contributed by atoms with E-state index in [0.717, 1.165) is 20.3 Å². The summed E-state index contributed by atoms with van der Waals surface area (Å²) >= 11 is 2.29. The number of hydrogen-bond acceptors (Lipinski definition) is 4. The predicted molar refractivity (Wildman–Crippen MR) is 110 cm³/mol. The maximum atomic E-state index is 12.5. The maximum Gasteiger partial charge on any atom is 0.211 e. The number of nitrogens with zero attached hydrogens (tertiary/aromatic N) is 1. The standard InChI is InChI=1S/C19H22INO4S/c1-24-17-12-15(20)14-9-10-21(26(3,22)23)16(18(14)19(17)25-2)11-13-7-5-4-6-8-13/h4-8,12,16H,9-11H2,1-3H3. The topological polar surface area (TPSA) is 55.8 Å². The van der Waals surface area contributed by atoms with E-state index >= 15 is 0 Å². The SMILES string of the molecule is COc1cc(I)c2c(c1OC)C(Cc1ccccc1)N(S(C)(=O)=O)CC2. The number of hydrogen-bond donors (Lipinski definition) is 0. The van der Waals surface area contributed by atoms with Gasteiger partial charge in [0.25, 0.3) is 0 Å². The molecule has 0 fully saturated rings. The number of methoxy groups -OCH3 is 2. The minimum atomic E-state index is -3.36. The molecule has 26 heavy (non-hydrogen) atoms. The molecule has 0 N–H and O–H groups in total. The fraction of sp³-hybridized carbons (Fsp3) is 0.368. The summed E-state index contributed by atoms with van der Waals surface area (Å²) in [4.78, 5) is 0. The number of rotatable bonds is 5. The second kappa shape index (κ2) is 7.74. The van der Waals surface area contributed by atoms with Crippen molar-refractivity contribution in [3.05, 3.63) is 56.7 Å². The highest BCUT2D eigenvalue weighted by atomic mass is 127. The molecule has 2 aromatic rings. The van der Waals surface area contributed by atoms with Crippen LogP contribution in [0.25, 0.3) is 0 Å². The van der Waals surface area contributed by atoms with E-state index in [-0.39, 0.29) is 6.04 Å². The van der Waals surface area contributed by atoms with E-state index in [1.165, 1.54) is 6.26 Å². The lowest BCUT2D eigenvalue weighted by Gasteiger charge is -2.37. The number of sulfonamides is 1. The highest BCUT2D eigenvalue weighted by Gasteiger charge is 2.37. The molecule has 1 atom stereocenters. The largest absolute Gasteiger partial charge is 0.493 e. The normalized spacial score (nSPS) is 17.6. The lowest BCUT2D eigenvalue weighted by atomic mass is 9.89. The molecule has 1 aliphatic rings. The van der Waals surface area contributed by atoms with Crippen LogP contribution in [0.5, 0.6) is 11.5 Å². The van der Waals surface area contributed by atoms with Gasteiger partial charge in [-0.3, -0.25) is 0 Å². The third-order valence-electron chi connectivity index (χ3n) is 4.72. The van der Waals surface area contributed by atoms with Crippen molar-refractivity contribution in [1.29, 1.82) is 0 Å². The minimum absolute atomic E-state index is 0.324. The molecular formula is C19H22INO4S. The molecule has 1 aliphatic heterocycles. The van der Waals surface area contributed by atoms with Crippen LogP contribution in [-0.2, 0) is 22.9 Å². The van der Waals surface area contributed by atoms with Gasteiger partial charge in [0, 0.05) is 15.7 Å². The van der Waals surface area contributed by atoms with Crippen molar-refractivity contribution < 1.29 is 17.9 Å². The first-order valence-corrected chi connectivity index (χ1v) is 11.2. The van der Waals surface area contributed by atoms with E-state index in [4.69, 9.17) is 9.47 Å². The molecule has 140 valence electrons. The van der Waals surface area contributed by atoms with Crippen LogP contribution in [-0.4, -0.2) is 39.7 Å². The number of fused-ring (bicyclic) bond motifs is 1. The molecule has 0 radical (unpaired) electrons. The Morgan fingerprint density at radius 1 is 1.19 bits per heavy atom. The molecule has 0 bridgehead atoms. The molecular weight excluding hydrogens is 465 g/mol. The van der Waals surface area contributed by atoms with Gasteiger partial charge >= 0.3 is 0 Å². The van der Waals surface area contributed by atoms with Crippen LogP contribution in [0.15, 0.2) is 36.4 Å². The Bertz CT molecular complexity index is 900. The van der Waals surface area contributed by atoms with E-state index in [1.54, 1.807) is 18.5 Å². The lowest BCUT2D eigenvalue weighted by molar-refractivity contribution is 0.287. The van der Waals surface area contributed by atoms with Gasteiger partial charge in [-0.2, -0.15) is 4.31 Å². The molecule has 0 aromatic heterocycles. The zero-order valence-corrected chi connectivity index (χ0v) is 18.0. The van der Waals surface area contributed by atoms with Gasteiger partial charge in [0.05, 0.1) is 26.5 Å². The molecule has 0 saturated carbocycles. The molecule has 0 spiro atoms. The Kier molecular flexibility index (Phi) is 5.78. The van der Waals surface area contributed by atoms with Crippen LogP contribution in [0.4, 0.5) is 0 Å². The molecule has 1 heterocycles. The van der Waals surface area contributed by atoms with Crippen LogP contribution in [0.2, 0.25) is 0 Å². The molecule has 0 aliphatic carbocycles. The molecule has 1 unspecified atom stereocenters. The monoisotopic (exact) mass is 487 g/mol. The van der Waals surface area contributed by atoms with Crippen molar-refractivity contribution >= 4 is 32.6 Å². The maximum absolute atomic E-state index is 12.5. The second-order valence-corrected chi connectivity index (χ2v) is 9.41. The van der Waals surface area contributed by atoms with Gasteiger partial charge in [0.2, 0.25) is 10.0 Å². The smallest absolute Gasteiger partial charge is 0.211 e. The Labute approximate surface area is 168 Å². The summed E-state index contributed by atoms with van der Waals surface area (Å²) in [6, 6.07) is 11.6. The second-order valence-electron chi connectivity index (χ2n) is 6.32. The van der Waals surface area contributed by atoms with Gasteiger partial charge in [-0.25, -0.2) is 8.42 Å². The first-order valence-electron chi connectivity index (χ1n) is 8.30. The zero-order chi connectivity index (χ0) is 18.9. The van der Waals surface area contributed by atoms with Crippen molar-refractivity contribution in [3.8, 4) is 11.5 Å². The van der Waals surface area contributed by atoms with Crippen LogP contribution in [0.3, 0.4) is 0 Å². The summed E-state index contributed by atoms with van der Waals surface area (Å²) in [5, 5.41) is 0. The third-order valence-corrected chi connectivity index (χ3v) is 6.98. The molecule has 3 rings (SSSR count). The Morgan fingerprint density at radius 3 is 2.46 bits per heavy atom. The minimum Gasteiger partial charge on any atom is -0.493 e. The first kappa shape index (κ1) is 19.4. The fourth-order valence-corrected chi connectivity index (χ4v) is 5.50. The van der Waals surface area contributed by atoms with E-state index in [0.29, 0.717) is 30.9 Å². The zero-order valence-electron chi connectivity index (χ0n) is 15.0. The lowest BCUT2D eigenvalue weighted by Crippen LogP contribution is -2.41. The molecule has 2 aromatic carbocycles. The first-order chi connectivity index (χ1) is 12.4. The average Bonchev–Trinajstić information content (AvgIpc) is 2.61. The fourth-order valence-electron chi connectivity index (χ4n) is 3.59. The molecule has 5 nitrogen and oxygen atoms in total. The van der Waals surface area contributed by atoms with Gasteiger partial charge in [-0.05, 0) is 52.6 Å². The number of halogens is 1. The van der Waals surface area contributed by atoms with Crippen LogP contribution >= 0.6 is 22.6 Å². The van der Waals surface area contributed by atoms with E-state index in [9.17, 15) is 8.42 Å².